The number of hydrogen-bond acceptors (Lipinski definition) is 6. The molecule has 0 fully saturated rings. The lowest BCUT2D eigenvalue weighted by Crippen LogP contribution is -2.24. The molecular formula is C19H21F3N6O. The van der Waals surface area contributed by atoms with Crippen LogP contribution in [-0.4, -0.2) is 24.9 Å². The summed E-state index contributed by atoms with van der Waals surface area (Å²) in [6.07, 6.45) is -2.06. The average Bonchev–Trinajstić information content (AvgIpc) is 3.24. The smallest absolute Gasteiger partial charge is 0.384 e. The van der Waals surface area contributed by atoms with Gasteiger partial charge in [0.25, 0.3) is 5.89 Å². The minimum Gasteiger partial charge on any atom is -0.384 e. The Kier molecular flexibility index (Phi) is 4.39. The molecule has 154 valence electrons. The van der Waals surface area contributed by atoms with Crippen molar-refractivity contribution in [3.8, 4) is 23.0 Å². The second-order valence-corrected chi connectivity index (χ2v) is 7.98. The summed E-state index contributed by atoms with van der Waals surface area (Å²) in [7, 11) is 0. The third kappa shape index (κ3) is 3.47. The van der Waals surface area contributed by atoms with E-state index in [2.05, 4.69) is 34.1 Å². The summed E-state index contributed by atoms with van der Waals surface area (Å²) in [6.45, 7) is 7.09. The lowest BCUT2D eigenvalue weighted by atomic mass is 9.76. The van der Waals surface area contributed by atoms with Crippen molar-refractivity contribution in [2.45, 2.75) is 52.8 Å². The van der Waals surface area contributed by atoms with Crippen LogP contribution in [0.2, 0.25) is 0 Å². The number of pyridine rings is 1. The van der Waals surface area contributed by atoms with Gasteiger partial charge in [-0.3, -0.25) is 4.68 Å². The van der Waals surface area contributed by atoms with Gasteiger partial charge >= 0.3 is 6.18 Å². The van der Waals surface area contributed by atoms with Crippen molar-refractivity contribution >= 4 is 5.82 Å². The zero-order chi connectivity index (χ0) is 21.0. The Morgan fingerprint density at radius 2 is 2.00 bits per heavy atom. The highest BCUT2D eigenvalue weighted by molar-refractivity contribution is 5.64. The van der Waals surface area contributed by atoms with E-state index in [4.69, 9.17) is 10.3 Å². The summed E-state index contributed by atoms with van der Waals surface area (Å²) in [5.41, 5.74) is 6.83. The van der Waals surface area contributed by atoms with Crippen LogP contribution in [0.1, 0.15) is 44.1 Å². The number of aromatic nitrogens is 5. The van der Waals surface area contributed by atoms with Crippen LogP contribution < -0.4 is 5.73 Å². The molecule has 29 heavy (non-hydrogen) atoms. The van der Waals surface area contributed by atoms with Crippen LogP contribution in [0.3, 0.4) is 0 Å². The molecule has 10 heteroatoms. The molecule has 0 saturated heterocycles. The zero-order valence-corrected chi connectivity index (χ0v) is 16.3. The van der Waals surface area contributed by atoms with E-state index < -0.39 is 11.9 Å². The molecule has 0 bridgehead atoms. The monoisotopic (exact) mass is 406 g/mol. The maximum absolute atomic E-state index is 13.4. The number of anilines is 1. The van der Waals surface area contributed by atoms with Crippen LogP contribution in [0, 0.1) is 5.41 Å². The molecule has 0 aromatic carbocycles. The van der Waals surface area contributed by atoms with Crippen LogP contribution in [0.15, 0.2) is 16.7 Å². The highest BCUT2D eigenvalue weighted by atomic mass is 19.4. The fourth-order valence-electron chi connectivity index (χ4n) is 3.73. The number of hydrogen-bond donors (Lipinski definition) is 1. The molecule has 0 amide bonds. The number of rotatable bonds is 3. The standard InChI is InChI=1S/C19H21F3N6O/c1-4-28-12-9-18(2,3)8-7-10(12)14(26-28)17-25-16(27-29-17)11-5-6-13(23)24-15(11)19(20,21)22/h5-6H,4,7-9H2,1-3H3,(H2,23,24). The zero-order valence-electron chi connectivity index (χ0n) is 16.3. The second-order valence-electron chi connectivity index (χ2n) is 7.98. The molecule has 4 rings (SSSR count). The summed E-state index contributed by atoms with van der Waals surface area (Å²) in [4.78, 5) is 7.63. The van der Waals surface area contributed by atoms with Gasteiger partial charge in [0.2, 0.25) is 5.82 Å². The molecule has 1 aliphatic carbocycles. The molecule has 0 aliphatic heterocycles. The van der Waals surface area contributed by atoms with Gasteiger partial charge in [-0.25, -0.2) is 4.98 Å². The van der Waals surface area contributed by atoms with Gasteiger partial charge in [0.1, 0.15) is 5.82 Å². The van der Waals surface area contributed by atoms with Gasteiger partial charge in [0.05, 0.1) is 5.56 Å². The fraction of sp³-hybridized carbons (Fsp3) is 0.474. The molecule has 3 aromatic heterocycles. The number of nitrogen functional groups attached to an aromatic ring is 1. The molecule has 2 N–H and O–H groups in total. The summed E-state index contributed by atoms with van der Waals surface area (Å²) in [5.74, 6) is -0.327. The number of halogens is 3. The first-order chi connectivity index (χ1) is 13.6. The molecule has 0 saturated carbocycles. The molecule has 0 unspecified atom stereocenters. The van der Waals surface area contributed by atoms with E-state index in [0.29, 0.717) is 12.2 Å². The van der Waals surface area contributed by atoms with Crippen molar-refractivity contribution in [1.82, 2.24) is 24.9 Å². The van der Waals surface area contributed by atoms with Gasteiger partial charge in [-0.15, -0.1) is 0 Å². The normalized spacial score (nSPS) is 16.1. The molecule has 7 nitrogen and oxygen atoms in total. The molecule has 0 radical (unpaired) electrons. The van der Waals surface area contributed by atoms with Gasteiger partial charge < -0.3 is 10.3 Å². The Hall–Kier alpha value is -2.91. The number of aryl methyl sites for hydroxylation is 1. The number of alkyl halides is 3. The number of nitrogens with zero attached hydrogens (tertiary/aromatic N) is 5. The summed E-state index contributed by atoms with van der Waals surface area (Å²) < 4.78 is 47.3. The van der Waals surface area contributed by atoms with Gasteiger partial charge in [-0.2, -0.15) is 23.3 Å². The van der Waals surface area contributed by atoms with Crippen LogP contribution >= 0.6 is 0 Å². The third-order valence-electron chi connectivity index (χ3n) is 5.22. The lowest BCUT2D eigenvalue weighted by molar-refractivity contribution is -0.140. The van der Waals surface area contributed by atoms with E-state index in [9.17, 15) is 13.2 Å². The Morgan fingerprint density at radius 3 is 2.69 bits per heavy atom. The van der Waals surface area contributed by atoms with Crippen molar-refractivity contribution in [2.75, 3.05) is 5.73 Å². The first-order valence-electron chi connectivity index (χ1n) is 9.36. The van der Waals surface area contributed by atoms with E-state index in [-0.39, 0.29) is 28.5 Å². The van der Waals surface area contributed by atoms with Crippen LogP contribution in [0.4, 0.5) is 19.0 Å². The molecule has 3 aromatic rings. The minimum atomic E-state index is -4.69. The Balaban J connectivity index is 1.78. The molecule has 0 spiro atoms. The molecule has 3 heterocycles. The number of fused-ring (bicyclic) bond motifs is 1. The summed E-state index contributed by atoms with van der Waals surface area (Å²) in [5, 5.41) is 8.36. The predicted octanol–water partition coefficient (Wildman–Crippen LogP) is 4.13. The molecule has 1 aliphatic rings. The van der Waals surface area contributed by atoms with E-state index >= 15 is 0 Å². The highest BCUT2D eigenvalue weighted by Crippen LogP contribution is 2.40. The van der Waals surface area contributed by atoms with Crippen LogP contribution in [0.5, 0.6) is 0 Å². The van der Waals surface area contributed by atoms with Gasteiger partial charge in [0.15, 0.2) is 11.4 Å². The van der Waals surface area contributed by atoms with E-state index in [1.165, 1.54) is 12.1 Å². The quantitative estimate of drug-likeness (QED) is 0.703. The second kappa shape index (κ2) is 6.57. The Bertz CT molecular complexity index is 1070. The third-order valence-corrected chi connectivity index (χ3v) is 5.22. The summed E-state index contributed by atoms with van der Waals surface area (Å²) in [6, 6.07) is 2.47. The first-order valence-corrected chi connectivity index (χ1v) is 9.36. The fourth-order valence-corrected chi connectivity index (χ4v) is 3.73. The van der Waals surface area contributed by atoms with Gasteiger partial charge in [-0.05, 0) is 43.7 Å². The highest BCUT2D eigenvalue weighted by Gasteiger charge is 2.38. The lowest BCUT2D eigenvalue weighted by Gasteiger charge is -2.30. The maximum atomic E-state index is 13.4. The Morgan fingerprint density at radius 1 is 1.24 bits per heavy atom. The van der Waals surface area contributed by atoms with Crippen molar-refractivity contribution in [1.29, 1.82) is 0 Å². The average molecular weight is 406 g/mol. The van der Waals surface area contributed by atoms with E-state index in [1.807, 2.05) is 11.6 Å². The predicted molar refractivity (Wildman–Crippen MR) is 99.6 cm³/mol. The van der Waals surface area contributed by atoms with E-state index in [0.717, 1.165) is 30.5 Å². The van der Waals surface area contributed by atoms with Crippen molar-refractivity contribution in [3.63, 3.8) is 0 Å². The maximum Gasteiger partial charge on any atom is 0.434 e. The van der Waals surface area contributed by atoms with Gasteiger partial charge in [-0.1, -0.05) is 19.0 Å². The van der Waals surface area contributed by atoms with Crippen molar-refractivity contribution < 1.29 is 17.7 Å². The minimum absolute atomic E-state index is 0.105. The summed E-state index contributed by atoms with van der Waals surface area (Å²) >= 11 is 0. The largest absolute Gasteiger partial charge is 0.434 e. The molecular weight excluding hydrogens is 385 g/mol. The molecule has 0 atom stereocenters. The number of nitrogens with two attached hydrogens (primary N) is 1. The van der Waals surface area contributed by atoms with Crippen LogP contribution in [-0.2, 0) is 25.6 Å². The van der Waals surface area contributed by atoms with Crippen LogP contribution in [0.25, 0.3) is 23.0 Å². The SMILES string of the molecule is CCn1nc(-c2nc(-c3ccc(N)nc3C(F)(F)F)no2)c2c1CC(C)(C)CC2. The van der Waals surface area contributed by atoms with Gasteiger partial charge in [0, 0.05) is 17.8 Å². The topological polar surface area (TPSA) is 95.7 Å². The van der Waals surface area contributed by atoms with E-state index in [1.54, 1.807) is 0 Å². The van der Waals surface area contributed by atoms with Crippen molar-refractivity contribution in [3.05, 3.63) is 29.1 Å². The Labute approximate surface area is 165 Å². The van der Waals surface area contributed by atoms with Crippen molar-refractivity contribution in [2.24, 2.45) is 5.41 Å². The first kappa shape index (κ1) is 19.4.